The van der Waals surface area contributed by atoms with Gasteiger partial charge in [0.15, 0.2) is 0 Å². The monoisotopic (exact) mass is 726 g/mol. The van der Waals surface area contributed by atoms with E-state index in [1.54, 1.807) is 42.6 Å². The highest BCUT2D eigenvalue weighted by Gasteiger charge is 2.38. The number of amides is 3. The van der Waals surface area contributed by atoms with E-state index in [2.05, 4.69) is 15.6 Å². The number of aromatic amines is 1. The van der Waals surface area contributed by atoms with Crippen LogP contribution in [0.4, 0.5) is 4.79 Å². The van der Waals surface area contributed by atoms with Gasteiger partial charge in [-0.25, -0.2) is 4.79 Å². The first kappa shape index (κ1) is 37.4. The summed E-state index contributed by atoms with van der Waals surface area (Å²) in [5, 5.41) is 6.32. The first-order valence-corrected chi connectivity index (χ1v) is 19.7. The summed E-state index contributed by atoms with van der Waals surface area (Å²) in [5.41, 5.74) is 10.0. The van der Waals surface area contributed by atoms with Crippen LogP contribution in [0.5, 0.6) is 0 Å². The predicted octanol–water partition coefficient (Wildman–Crippen LogP) is 6.42. The van der Waals surface area contributed by atoms with Gasteiger partial charge in [0.2, 0.25) is 19.2 Å². The fourth-order valence-corrected chi connectivity index (χ4v) is 9.23. The van der Waals surface area contributed by atoms with Crippen molar-refractivity contribution in [2.45, 2.75) is 49.5 Å². The molecule has 4 atom stereocenters. The number of para-hydroxylation sites is 1. The van der Waals surface area contributed by atoms with E-state index in [0.717, 1.165) is 44.5 Å². The molecule has 266 valence electrons. The van der Waals surface area contributed by atoms with Crippen LogP contribution >= 0.6 is 19.1 Å². The third-order valence-corrected chi connectivity index (χ3v) is 12.2. The largest absolute Gasteiger partial charge is 0.445 e. The lowest BCUT2D eigenvalue weighted by molar-refractivity contribution is -0.129. The van der Waals surface area contributed by atoms with Crippen LogP contribution in [0.15, 0.2) is 120 Å². The number of fused-ring (bicyclic) bond motifs is 1. The van der Waals surface area contributed by atoms with Gasteiger partial charge < -0.3 is 31.0 Å². The number of carbonyl (C=O) groups is 3. The van der Waals surface area contributed by atoms with Crippen molar-refractivity contribution < 1.29 is 28.6 Å². The van der Waals surface area contributed by atoms with Gasteiger partial charge in [-0.05, 0) is 40.8 Å². The number of ether oxygens (including phenoxy) is 1. The highest BCUT2D eigenvalue weighted by atomic mass is 32.2. The fraction of sp³-hybridized carbons (Fsp3) is 0.256. The van der Waals surface area contributed by atoms with Crippen LogP contribution in [0.3, 0.4) is 0 Å². The Morgan fingerprint density at radius 2 is 1.49 bits per heavy atom. The van der Waals surface area contributed by atoms with E-state index in [9.17, 15) is 23.8 Å². The van der Waals surface area contributed by atoms with Crippen LogP contribution < -0.4 is 16.4 Å². The van der Waals surface area contributed by atoms with Crippen molar-refractivity contribution in [2.24, 2.45) is 11.7 Å². The minimum Gasteiger partial charge on any atom is -0.445 e. The zero-order valence-corrected chi connectivity index (χ0v) is 30.1. The molecule has 0 aliphatic carbocycles. The number of hydrogen-bond donors (Lipinski definition) is 5. The van der Waals surface area contributed by atoms with Crippen LogP contribution in [0.1, 0.15) is 29.2 Å². The van der Waals surface area contributed by atoms with E-state index in [0.29, 0.717) is 0 Å². The van der Waals surface area contributed by atoms with Gasteiger partial charge in [0.05, 0.1) is 5.92 Å². The van der Waals surface area contributed by atoms with E-state index in [1.165, 1.54) is 11.8 Å². The summed E-state index contributed by atoms with van der Waals surface area (Å²) in [7, 11) is -4.33. The number of hydrogen-bond acceptors (Lipinski definition) is 6. The molecule has 51 heavy (non-hydrogen) atoms. The number of carbonyl (C=O) groups excluding carboxylic acids is 3. The average molecular weight is 727 g/mol. The van der Waals surface area contributed by atoms with Crippen LogP contribution in [0, 0.1) is 5.92 Å². The van der Waals surface area contributed by atoms with E-state index in [4.69, 9.17) is 10.5 Å². The van der Waals surface area contributed by atoms with Crippen molar-refractivity contribution in [2.75, 3.05) is 11.9 Å². The first-order valence-electron chi connectivity index (χ1n) is 16.8. The highest BCUT2D eigenvalue weighted by Crippen LogP contribution is 2.49. The third-order valence-electron chi connectivity index (χ3n) is 8.66. The standard InChI is InChI=1S/C39H43N4O6PS/c1-2-29-17-9-12-20-35(29)51-26-31(38(45)42-34(37(40)44)22-30-23-41-33-19-11-10-18-32(30)33)25-50(47,48)36(21-27-13-5-3-6-14-27)43-39(46)49-24-28-15-7-4-8-16-28/h3-20,23,31,34,36,41H,2,21-22,24-26H2,1H3,(H2,40,44)(H,42,45)(H,43,46)(H,47,48)/t31?,34-,36+/m0/s1. The van der Waals surface area contributed by atoms with Gasteiger partial charge in [0.1, 0.15) is 18.4 Å². The van der Waals surface area contributed by atoms with Crippen LogP contribution in [-0.2, 0) is 44.8 Å². The molecule has 0 fully saturated rings. The molecule has 0 bridgehead atoms. The SMILES string of the molecule is CCc1ccccc1SCC(CP(=O)(O)[C@H](Cc1ccccc1)NC(=O)OCc1ccccc1)C(=O)N[C@@H](Cc1c[nH]c2ccccc12)C(N)=O. The maximum absolute atomic E-state index is 14.4. The minimum absolute atomic E-state index is 0.0239. The van der Waals surface area contributed by atoms with Crippen LogP contribution in [-0.4, -0.2) is 51.5 Å². The van der Waals surface area contributed by atoms with Crippen LogP contribution in [0.2, 0.25) is 0 Å². The Balaban J connectivity index is 1.39. The summed E-state index contributed by atoms with van der Waals surface area (Å²) in [6.07, 6.45) is 1.39. The van der Waals surface area contributed by atoms with Crippen molar-refractivity contribution in [3.8, 4) is 0 Å². The molecule has 1 aromatic heterocycles. The van der Waals surface area contributed by atoms with Gasteiger partial charge >= 0.3 is 6.09 Å². The number of alkyl carbamates (subject to hydrolysis) is 1. The number of nitrogens with two attached hydrogens (primary N) is 1. The second-order valence-electron chi connectivity index (χ2n) is 12.3. The molecule has 5 rings (SSSR count). The molecule has 0 radical (unpaired) electrons. The lowest BCUT2D eigenvalue weighted by atomic mass is 10.0. The highest BCUT2D eigenvalue weighted by molar-refractivity contribution is 7.99. The topological polar surface area (TPSA) is 164 Å². The Hall–Kier alpha value is -4.83. The molecule has 4 aromatic carbocycles. The van der Waals surface area contributed by atoms with E-state index in [-0.39, 0.29) is 25.2 Å². The number of aryl methyl sites for hydroxylation is 1. The quantitative estimate of drug-likeness (QED) is 0.0546. The summed E-state index contributed by atoms with van der Waals surface area (Å²) in [6, 6.07) is 32.5. The Morgan fingerprint density at radius 1 is 0.843 bits per heavy atom. The second-order valence-corrected chi connectivity index (χ2v) is 15.9. The molecule has 3 amide bonds. The Morgan fingerprint density at radius 3 is 2.20 bits per heavy atom. The average Bonchev–Trinajstić information content (AvgIpc) is 3.55. The molecule has 5 aromatic rings. The summed E-state index contributed by atoms with van der Waals surface area (Å²) in [6.45, 7) is 2.01. The predicted molar refractivity (Wildman–Crippen MR) is 202 cm³/mol. The van der Waals surface area contributed by atoms with Crippen molar-refractivity contribution in [3.05, 3.63) is 138 Å². The van der Waals surface area contributed by atoms with Gasteiger partial charge in [-0.15, -0.1) is 11.8 Å². The maximum atomic E-state index is 14.4. The molecule has 0 saturated heterocycles. The zero-order valence-electron chi connectivity index (χ0n) is 28.4. The van der Waals surface area contributed by atoms with Crippen LogP contribution in [0.25, 0.3) is 10.9 Å². The van der Waals surface area contributed by atoms with Crippen molar-refractivity contribution >= 4 is 47.9 Å². The number of H-pyrrole nitrogens is 1. The molecule has 0 aliphatic rings. The summed E-state index contributed by atoms with van der Waals surface area (Å²) < 4.78 is 19.8. The Bertz CT molecular complexity index is 1970. The van der Waals surface area contributed by atoms with E-state index >= 15 is 0 Å². The maximum Gasteiger partial charge on any atom is 0.408 e. The number of aromatic nitrogens is 1. The number of rotatable bonds is 17. The normalized spacial score (nSPS) is 14.2. The lowest BCUT2D eigenvalue weighted by Gasteiger charge is -2.28. The molecular formula is C39H43N4O6PS. The summed E-state index contributed by atoms with van der Waals surface area (Å²) >= 11 is 1.40. The summed E-state index contributed by atoms with van der Waals surface area (Å²) in [4.78, 5) is 55.7. The first-order chi connectivity index (χ1) is 24.6. The minimum atomic E-state index is -4.33. The second kappa shape index (κ2) is 17.9. The number of primary amides is 1. The molecule has 0 aliphatic heterocycles. The molecular weight excluding hydrogens is 683 g/mol. The van der Waals surface area contributed by atoms with Crippen molar-refractivity contribution in [1.82, 2.24) is 15.6 Å². The van der Waals surface area contributed by atoms with Crippen molar-refractivity contribution in [1.29, 1.82) is 0 Å². The lowest BCUT2D eigenvalue weighted by Crippen LogP contribution is -2.49. The third kappa shape index (κ3) is 10.6. The number of benzene rings is 4. The molecule has 0 saturated carbocycles. The van der Waals surface area contributed by atoms with Gasteiger partial charge in [-0.1, -0.05) is 104 Å². The van der Waals surface area contributed by atoms with Gasteiger partial charge in [-0.2, -0.15) is 0 Å². The molecule has 10 nitrogen and oxygen atoms in total. The molecule has 2 unspecified atom stereocenters. The number of thioether (sulfide) groups is 1. The van der Waals surface area contributed by atoms with E-state index < -0.39 is 49.2 Å². The van der Waals surface area contributed by atoms with Gasteiger partial charge in [0.25, 0.3) is 0 Å². The van der Waals surface area contributed by atoms with Gasteiger partial charge in [-0.3, -0.25) is 14.2 Å². The summed E-state index contributed by atoms with van der Waals surface area (Å²) in [5.74, 6) is -3.46. The molecule has 12 heteroatoms. The van der Waals surface area contributed by atoms with Crippen molar-refractivity contribution in [3.63, 3.8) is 0 Å². The fourth-order valence-electron chi connectivity index (χ4n) is 5.85. The number of nitrogens with one attached hydrogen (secondary N) is 3. The molecule has 0 spiro atoms. The van der Waals surface area contributed by atoms with E-state index in [1.807, 2.05) is 79.7 Å². The van der Waals surface area contributed by atoms with Gasteiger partial charge in [0, 0.05) is 46.8 Å². The Labute approximate surface area is 302 Å². The molecule has 1 heterocycles. The zero-order chi connectivity index (χ0) is 36.2. The molecule has 6 N–H and O–H groups in total. The Kier molecular flexibility index (Phi) is 13.1. The smallest absolute Gasteiger partial charge is 0.408 e.